The largest absolute Gasteiger partial charge is 0.444 e. The normalized spacial score (nSPS) is 12.9. The van der Waals surface area contributed by atoms with E-state index >= 15 is 0 Å². The van der Waals surface area contributed by atoms with E-state index in [-0.39, 0.29) is 0 Å². The first kappa shape index (κ1) is 15.5. The summed E-state index contributed by atoms with van der Waals surface area (Å²) in [7, 11) is 0. The van der Waals surface area contributed by atoms with E-state index in [1.54, 1.807) is 6.92 Å². The SMILES string of the molecule is Cc1cccc(C(C)O)c1CNC(=O)OC(C)(C)C. The second-order valence-corrected chi connectivity index (χ2v) is 5.67. The second kappa shape index (κ2) is 6.06. The van der Waals surface area contributed by atoms with Crippen LogP contribution in [0, 0.1) is 6.92 Å². The fraction of sp³-hybridized carbons (Fsp3) is 0.533. The topological polar surface area (TPSA) is 58.6 Å². The molecule has 4 nitrogen and oxygen atoms in total. The van der Waals surface area contributed by atoms with Crippen LogP contribution in [0.5, 0.6) is 0 Å². The standard InChI is InChI=1S/C15H23NO3/c1-10-7-6-8-12(11(2)17)13(10)9-16-14(18)19-15(3,4)5/h6-8,11,17H,9H2,1-5H3,(H,16,18). The van der Waals surface area contributed by atoms with Gasteiger partial charge in [-0.05, 0) is 51.3 Å². The van der Waals surface area contributed by atoms with Crippen molar-refractivity contribution in [3.8, 4) is 0 Å². The molecule has 0 saturated carbocycles. The van der Waals surface area contributed by atoms with Gasteiger partial charge in [0.1, 0.15) is 5.60 Å². The van der Waals surface area contributed by atoms with Gasteiger partial charge in [-0.25, -0.2) is 4.79 Å². The number of alkyl carbamates (subject to hydrolysis) is 1. The zero-order valence-corrected chi connectivity index (χ0v) is 12.3. The lowest BCUT2D eigenvalue weighted by atomic mass is 9.98. The number of benzene rings is 1. The van der Waals surface area contributed by atoms with E-state index in [2.05, 4.69) is 5.32 Å². The van der Waals surface area contributed by atoms with Crippen LogP contribution in [-0.4, -0.2) is 16.8 Å². The minimum atomic E-state index is -0.560. The summed E-state index contributed by atoms with van der Waals surface area (Å²) < 4.78 is 5.19. The minimum absolute atomic E-state index is 0.349. The number of hydrogen-bond donors (Lipinski definition) is 2. The lowest BCUT2D eigenvalue weighted by Gasteiger charge is -2.21. The van der Waals surface area contributed by atoms with Crippen LogP contribution < -0.4 is 5.32 Å². The molecule has 0 aromatic heterocycles. The summed E-state index contributed by atoms with van der Waals surface area (Å²) in [5.41, 5.74) is 2.29. The number of carbonyl (C=O) groups is 1. The van der Waals surface area contributed by atoms with Gasteiger partial charge < -0.3 is 15.2 Å². The Morgan fingerprint density at radius 2 is 2.05 bits per heavy atom. The van der Waals surface area contributed by atoms with Crippen molar-refractivity contribution in [1.29, 1.82) is 0 Å². The van der Waals surface area contributed by atoms with Crippen molar-refractivity contribution in [2.45, 2.75) is 52.9 Å². The maximum Gasteiger partial charge on any atom is 0.407 e. The van der Waals surface area contributed by atoms with Gasteiger partial charge in [0, 0.05) is 6.54 Å². The minimum Gasteiger partial charge on any atom is -0.444 e. The highest BCUT2D eigenvalue weighted by molar-refractivity contribution is 5.67. The highest BCUT2D eigenvalue weighted by Crippen LogP contribution is 2.21. The first-order valence-electron chi connectivity index (χ1n) is 6.44. The number of nitrogens with one attached hydrogen (secondary N) is 1. The number of aryl methyl sites for hydroxylation is 1. The molecular weight excluding hydrogens is 242 g/mol. The van der Waals surface area contributed by atoms with E-state index in [1.807, 2.05) is 45.9 Å². The van der Waals surface area contributed by atoms with Gasteiger partial charge in [-0.3, -0.25) is 0 Å². The molecule has 0 fully saturated rings. The maximum atomic E-state index is 11.6. The number of aliphatic hydroxyl groups excluding tert-OH is 1. The molecular formula is C15H23NO3. The Hall–Kier alpha value is -1.55. The zero-order chi connectivity index (χ0) is 14.6. The predicted octanol–water partition coefficient (Wildman–Crippen LogP) is 3.07. The number of hydrogen-bond acceptors (Lipinski definition) is 3. The van der Waals surface area contributed by atoms with E-state index in [4.69, 9.17) is 4.74 Å². The van der Waals surface area contributed by atoms with Gasteiger partial charge in [0.2, 0.25) is 0 Å². The third kappa shape index (κ3) is 4.91. The van der Waals surface area contributed by atoms with Gasteiger partial charge in [-0.2, -0.15) is 0 Å². The van der Waals surface area contributed by atoms with Crippen LogP contribution in [0.4, 0.5) is 4.79 Å². The van der Waals surface area contributed by atoms with Crippen molar-refractivity contribution in [2.24, 2.45) is 0 Å². The van der Waals surface area contributed by atoms with Crippen molar-refractivity contribution in [3.05, 3.63) is 34.9 Å². The Bertz CT molecular complexity index is 447. The first-order valence-corrected chi connectivity index (χ1v) is 6.44. The zero-order valence-electron chi connectivity index (χ0n) is 12.3. The van der Waals surface area contributed by atoms with Gasteiger partial charge in [-0.15, -0.1) is 0 Å². The molecule has 1 unspecified atom stereocenters. The highest BCUT2D eigenvalue weighted by Gasteiger charge is 2.17. The molecule has 0 saturated heterocycles. The molecule has 1 aromatic carbocycles. The van der Waals surface area contributed by atoms with E-state index in [1.165, 1.54) is 0 Å². The smallest absolute Gasteiger partial charge is 0.407 e. The van der Waals surface area contributed by atoms with Gasteiger partial charge in [-0.1, -0.05) is 18.2 Å². The molecule has 1 amide bonds. The van der Waals surface area contributed by atoms with Crippen LogP contribution in [0.2, 0.25) is 0 Å². The first-order chi connectivity index (χ1) is 8.70. The number of rotatable bonds is 3. The average molecular weight is 265 g/mol. The predicted molar refractivity (Wildman–Crippen MR) is 74.9 cm³/mol. The third-order valence-corrected chi connectivity index (χ3v) is 2.70. The summed E-state index contributed by atoms with van der Waals surface area (Å²) in [6.07, 6.45) is -1.01. The molecule has 2 N–H and O–H groups in total. The van der Waals surface area contributed by atoms with Gasteiger partial charge in [0.25, 0.3) is 0 Å². The molecule has 4 heteroatoms. The summed E-state index contributed by atoms with van der Waals surface area (Å²) in [4.78, 5) is 11.6. The van der Waals surface area contributed by atoms with Crippen molar-refractivity contribution in [2.75, 3.05) is 0 Å². The van der Waals surface area contributed by atoms with Crippen LogP contribution in [0.25, 0.3) is 0 Å². The number of aliphatic hydroxyl groups is 1. The van der Waals surface area contributed by atoms with Gasteiger partial charge >= 0.3 is 6.09 Å². The monoisotopic (exact) mass is 265 g/mol. The molecule has 106 valence electrons. The third-order valence-electron chi connectivity index (χ3n) is 2.70. The van der Waals surface area contributed by atoms with Crippen LogP contribution in [0.3, 0.4) is 0 Å². The highest BCUT2D eigenvalue weighted by atomic mass is 16.6. The van der Waals surface area contributed by atoms with E-state index in [0.29, 0.717) is 6.54 Å². The Morgan fingerprint density at radius 3 is 2.58 bits per heavy atom. The Morgan fingerprint density at radius 1 is 1.42 bits per heavy atom. The van der Waals surface area contributed by atoms with Crippen molar-refractivity contribution in [3.63, 3.8) is 0 Å². The van der Waals surface area contributed by atoms with Crippen molar-refractivity contribution in [1.82, 2.24) is 5.32 Å². The van der Waals surface area contributed by atoms with Crippen LogP contribution in [0.15, 0.2) is 18.2 Å². The summed E-state index contributed by atoms with van der Waals surface area (Å²) >= 11 is 0. The van der Waals surface area contributed by atoms with Crippen LogP contribution in [0.1, 0.15) is 50.5 Å². The Kier molecular flexibility index (Phi) is 4.95. The molecule has 0 radical (unpaired) electrons. The molecule has 0 spiro atoms. The molecule has 1 aromatic rings. The molecule has 0 bridgehead atoms. The maximum absolute atomic E-state index is 11.6. The number of amides is 1. The average Bonchev–Trinajstić information content (AvgIpc) is 2.24. The molecule has 19 heavy (non-hydrogen) atoms. The molecule has 1 atom stereocenters. The van der Waals surface area contributed by atoms with Crippen LogP contribution >= 0.6 is 0 Å². The molecule has 0 heterocycles. The molecule has 0 aliphatic rings. The molecule has 0 aliphatic heterocycles. The van der Waals surface area contributed by atoms with E-state index in [9.17, 15) is 9.90 Å². The fourth-order valence-corrected chi connectivity index (χ4v) is 1.83. The lowest BCUT2D eigenvalue weighted by molar-refractivity contribution is 0.0523. The van der Waals surface area contributed by atoms with Crippen molar-refractivity contribution >= 4 is 6.09 Å². The Labute approximate surface area is 114 Å². The van der Waals surface area contributed by atoms with Crippen LogP contribution in [-0.2, 0) is 11.3 Å². The lowest BCUT2D eigenvalue weighted by Crippen LogP contribution is -2.32. The second-order valence-electron chi connectivity index (χ2n) is 5.67. The van der Waals surface area contributed by atoms with E-state index in [0.717, 1.165) is 16.7 Å². The number of ether oxygens (including phenoxy) is 1. The fourth-order valence-electron chi connectivity index (χ4n) is 1.83. The van der Waals surface area contributed by atoms with Crippen molar-refractivity contribution < 1.29 is 14.6 Å². The van der Waals surface area contributed by atoms with Gasteiger partial charge in [0.05, 0.1) is 6.10 Å². The summed E-state index contributed by atoms with van der Waals surface area (Å²) in [5.74, 6) is 0. The molecule has 1 rings (SSSR count). The summed E-state index contributed by atoms with van der Waals surface area (Å²) in [6, 6.07) is 5.72. The van der Waals surface area contributed by atoms with Gasteiger partial charge in [0.15, 0.2) is 0 Å². The Balaban J connectivity index is 2.75. The summed E-state index contributed by atoms with van der Waals surface area (Å²) in [5, 5.41) is 12.5. The van der Waals surface area contributed by atoms with E-state index < -0.39 is 17.8 Å². The molecule has 0 aliphatic carbocycles. The summed E-state index contributed by atoms with van der Waals surface area (Å²) in [6.45, 7) is 9.48. The quantitative estimate of drug-likeness (QED) is 0.883. The number of carbonyl (C=O) groups excluding carboxylic acids is 1.